The molecule has 0 fully saturated rings. The van der Waals surface area contributed by atoms with Crippen molar-refractivity contribution in [3.63, 3.8) is 0 Å². The Balaban J connectivity index is 1.68. The van der Waals surface area contributed by atoms with E-state index in [2.05, 4.69) is 15.5 Å². The molecule has 0 aliphatic rings. The summed E-state index contributed by atoms with van der Waals surface area (Å²) in [6, 6.07) is 5.05. The monoisotopic (exact) mass is 363 g/mol. The molecule has 0 bridgehead atoms. The number of nitrogens with one attached hydrogen (secondary N) is 1. The number of hydrogen-bond acceptors (Lipinski definition) is 7. The largest absolute Gasteiger partial charge is 0.466 e. The lowest BCUT2D eigenvalue weighted by Crippen LogP contribution is -2.07. The third kappa shape index (κ3) is 3.77. The lowest BCUT2D eigenvalue weighted by molar-refractivity contribution is -0.142. The summed E-state index contributed by atoms with van der Waals surface area (Å²) in [6.45, 7) is 2.10. The Morgan fingerprint density at radius 2 is 2.29 bits per heavy atom. The topological polar surface area (TPSA) is 63.6 Å². The Kier molecular flexibility index (Phi) is 5.17. The zero-order valence-electron chi connectivity index (χ0n) is 12.8. The molecule has 2 aromatic heterocycles. The minimum absolute atomic E-state index is 0.124. The van der Waals surface area contributed by atoms with Gasteiger partial charge in [0.2, 0.25) is 5.13 Å². The van der Waals surface area contributed by atoms with E-state index in [0.717, 1.165) is 10.1 Å². The summed E-state index contributed by atoms with van der Waals surface area (Å²) < 4.78 is 19.8. The summed E-state index contributed by atoms with van der Waals surface area (Å²) in [4.78, 5) is 15.6. The van der Waals surface area contributed by atoms with Crippen LogP contribution >= 0.6 is 22.7 Å². The first-order valence-corrected chi connectivity index (χ1v) is 8.98. The second kappa shape index (κ2) is 7.50. The summed E-state index contributed by atoms with van der Waals surface area (Å²) in [5, 5.41) is 9.08. The van der Waals surface area contributed by atoms with E-state index in [0.29, 0.717) is 23.0 Å². The van der Waals surface area contributed by atoms with Crippen LogP contribution in [0.5, 0.6) is 0 Å². The minimum atomic E-state index is -0.325. The summed E-state index contributed by atoms with van der Waals surface area (Å²) in [5.74, 6) is -0.641. The van der Waals surface area contributed by atoms with Crippen molar-refractivity contribution in [1.82, 2.24) is 4.98 Å². The van der Waals surface area contributed by atoms with Gasteiger partial charge in [-0.2, -0.15) is 5.10 Å². The van der Waals surface area contributed by atoms with Crippen LogP contribution in [0.1, 0.15) is 18.2 Å². The van der Waals surface area contributed by atoms with Gasteiger partial charge in [0.25, 0.3) is 0 Å². The van der Waals surface area contributed by atoms with Crippen molar-refractivity contribution in [3.8, 4) is 0 Å². The number of hydrazone groups is 1. The van der Waals surface area contributed by atoms with Gasteiger partial charge in [-0.15, -0.1) is 22.7 Å². The maximum atomic E-state index is 14.0. The van der Waals surface area contributed by atoms with Gasteiger partial charge in [-0.3, -0.25) is 10.2 Å². The number of carbonyl (C=O) groups is 1. The number of thiophene rings is 1. The first-order valence-electron chi connectivity index (χ1n) is 7.22. The molecule has 3 rings (SSSR count). The molecular weight excluding hydrogens is 349 g/mol. The average molecular weight is 363 g/mol. The van der Waals surface area contributed by atoms with Gasteiger partial charge in [0.15, 0.2) is 0 Å². The van der Waals surface area contributed by atoms with Gasteiger partial charge < -0.3 is 4.74 Å². The number of esters is 1. The molecule has 0 aliphatic heterocycles. The van der Waals surface area contributed by atoms with Crippen LogP contribution in [0.25, 0.3) is 10.1 Å². The molecule has 0 aliphatic carbocycles. The van der Waals surface area contributed by atoms with E-state index in [9.17, 15) is 9.18 Å². The number of thiazole rings is 1. The van der Waals surface area contributed by atoms with Crippen molar-refractivity contribution in [1.29, 1.82) is 0 Å². The number of nitrogens with zero attached hydrogens (tertiary/aromatic N) is 2. The highest BCUT2D eigenvalue weighted by molar-refractivity contribution is 7.17. The van der Waals surface area contributed by atoms with E-state index < -0.39 is 0 Å². The lowest BCUT2D eigenvalue weighted by Gasteiger charge is -1.99. The van der Waals surface area contributed by atoms with E-state index in [1.54, 1.807) is 29.7 Å². The second-order valence-corrected chi connectivity index (χ2v) is 6.60. The fourth-order valence-corrected chi connectivity index (χ4v) is 3.58. The minimum Gasteiger partial charge on any atom is -0.466 e. The van der Waals surface area contributed by atoms with Crippen LogP contribution in [0, 0.1) is 5.82 Å². The lowest BCUT2D eigenvalue weighted by atomic mass is 10.1. The third-order valence-corrected chi connectivity index (χ3v) is 4.84. The molecule has 3 aromatic rings. The van der Waals surface area contributed by atoms with Gasteiger partial charge in [0, 0.05) is 21.0 Å². The molecule has 124 valence electrons. The van der Waals surface area contributed by atoms with Crippen LogP contribution in [0.15, 0.2) is 34.1 Å². The normalized spacial score (nSPS) is 11.2. The predicted octanol–water partition coefficient (Wildman–Crippen LogP) is 4.05. The van der Waals surface area contributed by atoms with E-state index in [1.807, 2.05) is 11.4 Å². The standard InChI is InChI=1S/C16H14FN3O2S2/c1-2-22-15(21)7-10-9-24-16(19-10)20-18-8-12-11-5-6-23-14(11)4-3-13(12)17/h3-6,8-9H,2,7H2,1H3,(H,19,20). The smallest absolute Gasteiger partial charge is 0.311 e. The number of fused-ring (bicyclic) bond motifs is 1. The number of halogens is 1. The number of benzene rings is 1. The molecule has 2 heterocycles. The van der Waals surface area contributed by atoms with Gasteiger partial charge in [-0.1, -0.05) is 0 Å². The van der Waals surface area contributed by atoms with E-state index >= 15 is 0 Å². The molecule has 1 aromatic carbocycles. The van der Waals surface area contributed by atoms with Crippen molar-refractivity contribution >= 4 is 50.1 Å². The third-order valence-electron chi connectivity index (χ3n) is 3.16. The number of anilines is 1. The fraction of sp³-hybridized carbons (Fsp3) is 0.188. The molecule has 5 nitrogen and oxygen atoms in total. The maximum absolute atomic E-state index is 14.0. The van der Waals surface area contributed by atoms with Gasteiger partial charge in [0.1, 0.15) is 5.82 Å². The van der Waals surface area contributed by atoms with Crippen molar-refractivity contribution < 1.29 is 13.9 Å². The second-order valence-electron chi connectivity index (χ2n) is 4.79. The summed E-state index contributed by atoms with van der Waals surface area (Å²) in [5.41, 5.74) is 3.81. The quantitative estimate of drug-likeness (QED) is 0.408. The Labute approximate surface area is 145 Å². The van der Waals surface area contributed by atoms with Gasteiger partial charge in [0.05, 0.1) is 24.9 Å². The molecule has 8 heteroatoms. The number of carbonyl (C=O) groups excluding carboxylic acids is 1. The average Bonchev–Trinajstić information content (AvgIpc) is 3.19. The molecule has 1 N–H and O–H groups in total. The van der Waals surface area contributed by atoms with Crippen molar-refractivity contribution in [3.05, 3.63) is 46.0 Å². The van der Waals surface area contributed by atoms with E-state index in [-0.39, 0.29) is 18.2 Å². The zero-order valence-corrected chi connectivity index (χ0v) is 14.4. The number of aromatic nitrogens is 1. The fourth-order valence-electron chi connectivity index (χ4n) is 2.12. The SMILES string of the molecule is CCOC(=O)Cc1csc(NN=Cc2c(F)ccc3sccc23)n1. The Bertz CT molecular complexity index is 888. The van der Waals surface area contributed by atoms with Crippen LogP contribution in [0.2, 0.25) is 0 Å². The molecule has 0 spiro atoms. The van der Waals surface area contributed by atoms with Crippen LogP contribution in [-0.4, -0.2) is 23.8 Å². The van der Waals surface area contributed by atoms with E-state index in [4.69, 9.17) is 4.74 Å². The molecule has 0 unspecified atom stereocenters. The highest BCUT2D eigenvalue weighted by Crippen LogP contribution is 2.25. The highest BCUT2D eigenvalue weighted by Gasteiger charge is 2.09. The first-order chi connectivity index (χ1) is 11.7. The van der Waals surface area contributed by atoms with Crippen molar-refractivity contribution in [2.75, 3.05) is 12.0 Å². The van der Waals surface area contributed by atoms with Gasteiger partial charge >= 0.3 is 5.97 Å². The molecule has 0 saturated heterocycles. The van der Waals surface area contributed by atoms with Crippen LogP contribution in [0.4, 0.5) is 9.52 Å². The summed E-state index contributed by atoms with van der Waals surface area (Å²) in [7, 11) is 0. The highest BCUT2D eigenvalue weighted by atomic mass is 32.1. The Morgan fingerprint density at radius 3 is 3.12 bits per heavy atom. The first kappa shape index (κ1) is 16.5. The summed E-state index contributed by atoms with van der Waals surface area (Å²) >= 11 is 2.87. The van der Waals surface area contributed by atoms with Crippen molar-refractivity contribution in [2.45, 2.75) is 13.3 Å². The number of rotatable bonds is 6. The molecule has 24 heavy (non-hydrogen) atoms. The molecule has 0 saturated carbocycles. The summed E-state index contributed by atoms with van der Waals surface area (Å²) in [6.07, 6.45) is 1.56. The van der Waals surface area contributed by atoms with Crippen LogP contribution in [-0.2, 0) is 16.0 Å². The predicted molar refractivity (Wildman–Crippen MR) is 95.5 cm³/mol. The van der Waals surface area contributed by atoms with E-state index in [1.165, 1.54) is 23.6 Å². The Hall–Kier alpha value is -2.32. The maximum Gasteiger partial charge on any atom is 0.311 e. The van der Waals surface area contributed by atoms with Crippen LogP contribution in [0.3, 0.4) is 0 Å². The molecule has 0 radical (unpaired) electrons. The number of hydrogen-bond donors (Lipinski definition) is 1. The van der Waals surface area contributed by atoms with Crippen LogP contribution < -0.4 is 5.43 Å². The molecule has 0 amide bonds. The molecule has 0 atom stereocenters. The van der Waals surface area contributed by atoms with Gasteiger partial charge in [-0.25, -0.2) is 9.37 Å². The Morgan fingerprint density at radius 1 is 1.42 bits per heavy atom. The van der Waals surface area contributed by atoms with Gasteiger partial charge in [-0.05, 0) is 30.5 Å². The molecular formula is C16H14FN3O2S2. The zero-order chi connectivity index (χ0) is 16.9. The number of ether oxygens (including phenoxy) is 1. The van der Waals surface area contributed by atoms with Crippen molar-refractivity contribution in [2.24, 2.45) is 5.10 Å².